The number of carbonyl (C=O) groups is 1. The van der Waals surface area contributed by atoms with E-state index in [0.29, 0.717) is 6.54 Å². The van der Waals surface area contributed by atoms with Gasteiger partial charge in [-0.3, -0.25) is 9.69 Å². The van der Waals surface area contributed by atoms with Crippen LogP contribution in [0.3, 0.4) is 0 Å². The van der Waals surface area contributed by atoms with Crippen LogP contribution in [-0.4, -0.2) is 23.9 Å². The second-order valence-electron chi connectivity index (χ2n) is 5.20. The molecule has 1 N–H and O–H groups in total. The molecule has 0 aliphatic heterocycles. The van der Waals surface area contributed by atoms with Crippen molar-refractivity contribution < 1.29 is 4.79 Å². The number of thiophene rings is 1. The summed E-state index contributed by atoms with van der Waals surface area (Å²) in [6, 6.07) is 10.2. The van der Waals surface area contributed by atoms with Gasteiger partial charge in [0.1, 0.15) is 0 Å². The Hall–Kier alpha value is -1.65. The van der Waals surface area contributed by atoms with Gasteiger partial charge >= 0.3 is 0 Å². The van der Waals surface area contributed by atoms with Crippen LogP contribution in [0.25, 0.3) is 0 Å². The maximum Gasteiger partial charge on any atom is 0.238 e. The summed E-state index contributed by atoms with van der Waals surface area (Å²) in [4.78, 5) is 15.7. The molecule has 0 radical (unpaired) electrons. The Balaban J connectivity index is 1.97. The fourth-order valence-electron chi connectivity index (χ4n) is 2.30. The molecule has 0 saturated heterocycles. The fourth-order valence-corrected chi connectivity index (χ4v) is 3.04. The number of likely N-dealkylation sites (N-methyl/N-ethyl adjacent to an activating group) is 1. The molecule has 0 spiro atoms. The minimum absolute atomic E-state index is 0.0470. The van der Waals surface area contributed by atoms with E-state index in [1.807, 2.05) is 38.1 Å². The molecule has 2 rings (SSSR count). The number of aryl methyl sites for hydroxylation is 2. The largest absolute Gasteiger partial charge is 0.324 e. The lowest BCUT2D eigenvalue weighted by molar-refractivity contribution is -0.117. The Kier molecular flexibility index (Phi) is 5.53. The summed E-state index contributed by atoms with van der Waals surface area (Å²) in [5.74, 6) is 0.0470. The Morgan fingerprint density at radius 3 is 2.48 bits per heavy atom. The predicted octanol–water partition coefficient (Wildman–Crippen LogP) is 3.83. The SMILES string of the molecule is CCN(CC(=O)Nc1c(C)cccc1C)Cc1cccs1. The van der Waals surface area contributed by atoms with Gasteiger partial charge in [0.05, 0.1) is 6.54 Å². The molecule has 1 aromatic carbocycles. The van der Waals surface area contributed by atoms with Gasteiger partial charge in [0, 0.05) is 17.1 Å². The predicted molar refractivity (Wildman–Crippen MR) is 89.8 cm³/mol. The van der Waals surface area contributed by atoms with E-state index >= 15 is 0 Å². The third kappa shape index (κ3) is 4.41. The van der Waals surface area contributed by atoms with Gasteiger partial charge in [-0.25, -0.2) is 0 Å². The molecule has 112 valence electrons. The van der Waals surface area contributed by atoms with Gasteiger partial charge in [-0.15, -0.1) is 11.3 Å². The highest BCUT2D eigenvalue weighted by molar-refractivity contribution is 7.09. The van der Waals surface area contributed by atoms with Crippen LogP contribution in [0.15, 0.2) is 35.7 Å². The molecule has 0 aliphatic rings. The first kappa shape index (κ1) is 15.7. The summed E-state index contributed by atoms with van der Waals surface area (Å²) in [5, 5.41) is 5.12. The summed E-state index contributed by atoms with van der Waals surface area (Å²) in [7, 11) is 0. The number of benzene rings is 1. The van der Waals surface area contributed by atoms with Crippen molar-refractivity contribution in [2.24, 2.45) is 0 Å². The highest BCUT2D eigenvalue weighted by Gasteiger charge is 2.12. The average molecular weight is 302 g/mol. The molecule has 0 bridgehead atoms. The maximum absolute atomic E-state index is 12.3. The second-order valence-corrected chi connectivity index (χ2v) is 6.23. The van der Waals surface area contributed by atoms with Crippen molar-refractivity contribution in [3.8, 4) is 0 Å². The number of carbonyl (C=O) groups excluding carboxylic acids is 1. The average Bonchev–Trinajstić information content (AvgIpc) is 2.95. The number of rotatable bonds is 6. The van der Waals surface area contributed by atoms with Crippen LogP contribution in [0.1, 0.15) is 22.9 Å². The van der Waals surface area contributed by atoms with Gasteiger partial charge in [0.25, 0.3) is 0 Å². The smallest absolute Gasteiger partial charge is 0.238 e. The number of nitrogens with one attached hydrogen (secondary N) is 1. The first-order valence-electron chi connectivity index (χ1n) is 7.21. The van der Waals surface area contributed by atoms with Crippen molar-refractivity contribution in [3.63, 3.8) is 0 Å². The molecule has 1 amide bonds. The molecule has 0 unspecified atom stereocenters. The second kappa shape index (κ2) is 7.38. The minimum atomic E-state index is 0.0470. The summed E-state index contributed by atoms with van der Waals surface area (Å²) in [5.41, 5.74) is 3.14. The highest BCUT2D eigenvalue weighted by Crippen LogP contribution is 2.19. The van der Waals surface area contributed by atoms with E-state index in [-0.39, 0.29) is 5.91 Å². The van der Waals surface area contributed by atoms with Crippen LogP contribution >= 0.6 is 11.3 Å². The zero-order chi connectivity index (χ0) is 15.2. The van der Waals surface area contributed by atoms with E-state index in [2.05, 4.69) is 28.6 Å². The zero-order valence-electron chi connectivity index (χ0n) is 12.8. The van der Waals surface area contributed by atoms with Crippen molar-refractivity contribution in [2.75, 3.05) is 18.4 Å². The van der Waals surface area contributed by atoms with Gasteiger partial charge < -0.3 is 5.32 Å². The van der Waals surface area contributed by atoms with Gasteiger partial charge in [-0.2, -0.15) is 0 Å². The van der Waals surface area contributed by atoms with Crippen molar-refractivity contribution in [3.05, 3.63) is 51.7 Å². The fraction of sp³-hybridized carbons (Fsp3) is 0.353. The molecule has 0 atom stereocenters. The lowest BCUT2D eigenvalue weighted by Gasteiger charge is -2.20. The van der Waals surface area contributed by atoms with E-state index in [0.717, 1.165) is 29.9 Å². The van der Waals surface area contributed by atoms with Gasteiger partial charge in [-0.1, -0.05) is 31.2 Å². The number of hydrogen-bond donors (Lipinski definition) is 1. The summed E-state index contributed by atoms with van der Waals surface area (Å²) < 4.78 is 0. The molecule has 2 aromatic rings. The van der Waals surface area contributed by atoms with Crippen LogP contribution in [0, 0.1) is 13.8 Å². The maximum atomic E-state index is 12.3. The lowest BCUT2D eigenvalue weighted by atomic mass is 10.1. The van der Waals surface area contributed by atoms with Crippen LogP contribution in [0.4, 0.5) is 5.69 Å². The summed E-state index contributed by atoms with van der Waals surface area (Å²) in [6.45, 7) is 8.23. The zero-order valence-corrected chi connectivity index (χ0v) is 13.7. The number of amides is 1. The van der Waals surface area contributed by atoms with Crippen molar-refractivity contribution in [1.29, 1.82) is 0 Å². The standard InChI is InChI=1S/C17H22N2OS/c1-4-19(11-15-9-6-10-21-15)12-16(20)18-17-13(2)7-5-8-14(17)3/h5-10H,4,11-12H2,1-3H3,(H,18,20). The van der Waals surface area contributed by atoms with Gasteiger partial charge in [0.15, 0.2) is 0 Å². The topological polar surface area (TPSA) is 32.3 Å². The summed E-state index contributed by atoms with van der Waals surface area (Å²) in [6.07, 6.45) is 0. The first-order chi connectivity index (χ1) is 10.1. The normalized spacial score (nSPS) is 10.9. The third-order valence-corrected chi connectivity index (χ3v) is 4.38. The molecular weight excluding hydrogens is 280 g/mol. The van der Waals surface area contributed by atoms with E-state index < -0.39 is 0 Å². The minimum Gasteiger partial charge on any atom is -0.324 e. The molecule has 0 fully saturated rings. The number of anilines is 1. The van der Waals surface area contributed by atoms with Crippen molar-refractivity contribution in [1.82, 2.24) is 4.90 Å². The van der Waals surface area contributed by atoms with Crippen LogP contribution in [0.5, 0.6) is 0 Å². The first-order valence-corrected chi connectivity index (χ1v) is 8.09. The number of para-hydroxylation sites is 1. The lowest BCUT2D eigenvalue weighted by Crippen LogP contribution is -2.32. The Morgan fingerprint density at radius 1 is 1.19 bits per heavy atom. The Labute approximate surface area is 130 Å². The van der Waals surface area contributed by atoms with Crippen LogP contribution in [0.2, 0.25) is 0 Å². The molecule has 4 heteroatoms. The van der Waals surface area contributed by atoms with Gasteiger partial charge in [-0.05, 0) is 43.0 Å². The third-order valence-electron chi connectivity index (χ3n) is 3.52. The van der Waals surface area contributed by atoms with Crippen molar-refractivity contribution >= 4 is 22.9 Å². The molecule has 0 saturated carbocycles. The molecule has 1 heterocycles. The van der Waals surface area contributed by atoms with E-state index in [1.165, 1.54) is 4.88 Å². The van der Waals surface area contributed by atoms with Gasteiger partial charge in [0.2, 0.25) is 5.91 Å². The molecule has 0 aliphatic carbocycles. The van der Waals surface area contributed by atoms with E-state index in [4.69, 9.17) is 0 Å². The molecular formula is C17H22N2OS. The molecule has 3 nitrogen and oxygen atoms in total. The Morgan fingerprint density at radius 2 is 1.90 bits per heavy atom. The van der Waals surface area contributed by atoms with E-state index in [1.54, 1.807) is 11.3 Å². The Bertz CT molecular complexity index is 573. The molecule has 21 heavy (non-hydrogen) atoms. The molecule has 1 aromatic heterocycles. The van der Waals surface area contributed by atoms with Crippen LogP contribution in [-0.2, 0) is 11.3 Å². The monoisotopic (exact) mass is 302 g/mol. The van der Waals surface area contributed by atoms with Crippen LogP contribution < -0.4 is 5.32 Å². The summed E-state index contributed by atoms with van der Waals surface area (Å²) >= 11 is 1.73. The quantitative estimate of drug-likeness (QED) is 0.879. The van der Waals surface area contributed by atoms with E-state index in [9.17, 15) is 4.79 Å². The highest BCUT2D eigenvalue weighted by atomic mass is 32.1. The number of nitrogens with zero attached hydrogens (tertiary/aromatic N) is 1. The number of hydrogen-bond acceptors (Lipinski definition) is 3. The van der Waals surface area contributed by atoms with Crippen molar-refractivity contribution in [2.45, 2.75) is 27.3 Å².